The van der Waals surface area contributed by atoms with Gasteiger partial charge < -0.3 is 10.4 Å². The van der Waals surface area contributed by atoms with Gasteiger partial charge >= 0.3 is 5.97 Å². The molecule has 2 aromatic carbocycles. The molecule has 1 amide bonds. The van der Waals surface area contributed by atoms with Crippen molar-refractivity contribution in [3.8, 4) is 0 Å². The SMILES string of the molecule is Cc1ccc(NC(=O)c2cc(Cl)ccc2I)c(C(=O)O)c1. The van der Waals surface area contributed by atoms with Gasteiger partial charge in [-0.15, -0.1) is 0 Å². The third-order valence-corrected chi connectivity index (χ3v) is 4.00. The van der Waals surface area contributed by atoms with Crippen molar-refractivity contribution in [1.29, 1.82) is 0 Å². The molecule has 0 aromatic heterocycles. The van der Waals surface area contributed by atoms with Crippen LogP contribution < -0.4 is 5.32 Å². The van der Waals surface area contributed by atoms with Gasteiger partial charge in [0.1, 0.15) is 0 Å². The summed E-state index contributed by atoms with van der Waals surface area (Å²) in [5.74, 6) is -1.48. The second-order valence-corrected chi connectivity index (χ2v) is 6.03. The largest absolute Gasteiger partial charge is 0.478 e. The summed E-state index contributed by atoms with van der Waals surface area (Å²) >= 11 is 7.92. The number of aromatic carboxylic acids is 1. The molecule has 0 atom stereocenters. The Morgan fingerprint density at radius 3 is 2.52 bits per heavy atom. The predicted molar refractivity (Wildman–Crippen MR) is 90.3 cm³/mol. The Hall–Kier alpha value is -1.60. The molecule has 0 bridgehead atoms. The van der Waals surface area contributed by atoms with Gasteiger partial charge in [-0.2, -0.15) is 0 Å². The first-order valence-corrected chi connectivity index (χ1v) is 7.44. The minimum absolute atomic E-state index is 0.0559. The number of carbonyl (C=O) groups excluding carboxylic acids is 1. The predicted octanol–water partition coefficient (Wildman–Crippen LogP) is 4.20. The number of halogens is 2. The molecule has 2 aromatic rings. The van der Waals surface area contributed by atoms with Crippen molar-refractivity contribution in [2.75, 3.05) is 5.32 Å². The summed E-state index contributed by atoms with van der Waals surface area (Å²) in [6.07, 6.45) is 0. The molecule has 0 aliphatic heterocycles. The van der Waals surface area contributed by atoms with Crippen LogP contribution in [0.5, 0.6) is 0 Å². The molecule has 0 aliphatic rings. The number of carboxylic acids is 1. The van der Waals surface area contributed by atoms with Crippen LogP contribution in [0.15, 0.2) is 36.4 Å². The molecule has 0 fully saturated rings. The van der Waals surface area contributed by atoms with Crippen LogP contribution in [0.3, 0.4) is 0 Å². The zero-order valence-corrected chi connectivity index (χ0v) is 13.9. The molecule has 2 N–H and O–H groups in total. The summed E-state index contributed by atoms with van der Waals surface area (Å²) in [7, 11) is 0. The third-order valence-electron chi connectivity index (χ3n) is 2.83. The standard InChI is InChI=1S/C15H11ClINO3/c1-8-2-5-13(11(6-8)15(20)21)18-14(19)10-7-9(16)3-4-12(10)17/h2-7H,1H3,(H,18,19)(H,20,21). The first-order chi connectivity index (χ1) is 9.88. The van der Waals surface area contributed by atoms with Gasteiger partial charge in [0, 0.05) is 8.59 Å². The van der Waals surface area contributed by atoms with Crippen LogP contribution in [0.2, 0.25) is 5.02 Å². The van der Waals surface area contributed by atoms with Crippen molar-refractivity contribution >= 4 is 51.8 Å². The van der Waals surface area contributed by atoms with Gasteiger partial charge in [0.2, 0.25) is 0 Å². The van der Waals surface area contributed by atoms with Crippen LogP contribution in [-0.4, -0.2) is 17.0 Å². The van der Waals surface area contributed by atoms with E-state index in [4.69, 9.17) is 11.6 Å². The Bertz CT molecular complexity index is 731. The normalized spacial score (nSPS) is 10.2. The van der Waals surface area contributed by atoms with E-state index in [1.54, 1.807) is 37.3 Å². The molecule has 0 heterocycles. The molecule has 21 heavy (non-hydrogen) atoms. The van der Waals surface area contributed by atoms with Gasteiger partial charge in [-0.3, -0.25) is 4.79 Å². The zero-order valence-electron chi connectivity index (χ0n) is 11.0. The second kappa shape index (κ2) is 6.44. The minimum Gasteiger partial charge on any atom is -0.478 e. The number of rotatable bonds is 3. The Kier molecular flexibility index (Phi) is 4.84. The third kappa shape index (κ3) is 3.74. The molecule has 4 nitrogen and oxygen atoms in total. The minimum atomic E-state index is -1.09. The molecule has 0 spiro atoms. The van der Waals surface area contributed by atoms with E-state index >= 15 is 0 Å². The number of anilines is 1. The van der Waals surface area contributed by atoms with Crippen molar-refractivity contribution in [3.05, 3.63) is 61.7 Å². The molecular formula is C15H11ClINO3. The summed E-state index contributed by atoms with van der Waals surface area (Å²) in [5, 5.41) is 12.3. The monoisotopic (exact) mass is 415 g/mol. The van der Waals surface area contributed by atoms with E-state index in [2.05, 4.69) is 5.32 Å². The average molecular weight is 416 g/mol. The van der Waals surface area contributed by atoms with Crippen molar-refractivity contribution in [1.82, 2.24) is 0 Å². The molecular weight excluding hydrogens is 405 g/mol. The lowest BCUT2D eigenvalue weighted by atomic mass is 10.1. The second-order valence-electron chi connectivity index (χ2n) is 4.43. The fraction of sp³-hybridized carbons (Fsp3) is 0.0667. The van der Waals surface area contributed by atoms with Crippen LogP contribution in [-0.2, 0) is 0 Å². The molecule has 0 saturated carbocycles. The lowest BCUT2D eigenvalue weighted by Crippen LogP contribution is -2.16. The van der Waals surface area contributed by atoms with Crippen LogP contribution in [0, 0.1) is 10.5 Å². The number of hydrogen-bond acceptors (Lipinski definition) is 2. The Balaban J connectivity index is 2.36. The maximum Gasteiger partial charge on any atom is 0.337 e. The molecule has 6 heteroatoms. The highest BCUT2D eigenvalue weighted by Crippen LogP contribution is 2.22. The van der Waals surface area contributed by atoms with E-state index < -0.39 is 11.9 Å². The number of carbonyl (C=O) groups is 2. The molecule has 108 valence electrons. The molecule has 2 rings (SSSR count). The maximum atomic E-state index is 12.3. The highest BCUT2D eigenvalue weighted by atomic mass is 127. The summed E-state index contributed by atoms with van der Waals surface area (Å²) in [5.41, 5.74) is 1.53. The number of hydrogen-bond donors (Lipinski definition) is 2. The van der Waals surface area contributed by atoms with Crippen molar-refractivity contribution in [2.45, 2.75) is 6.92 Å². The molecule has 0 aliphatic carbocycles. The fourth-order valence-electron chi connectivity index (χ4n) is 1.81. The quantitative estimate of drug-likeness (QED) is 0.738. The van der Waals surface area contributed by atoms with Gasteiger partial charge in [0.05, 0.1) is 16.8 Å². The Morgan fingerprint density at radius 1 is 1.14 bits per heavy atom. The maximum absolute atomic E-state index is 12.3. The van der Waals surface area contributed by atoms with Crippen molar-refractivity contribution in [3.63, 3.8) is 0 Å². The molecule has 0 unspecified atom stereocenters. The van der Waals surface area contributed by atoms with Crippen LogP contribution in [0.4, 0.5) is 5.69 Å². The fourth-order valence-corrected chi connectivity index (χ4v) is 2.56. The van der Waals surface area contributed by atoms with E-state index in [-0.39, 0.29) is 11.3 Å². The summed E-state index contributed by atoms with van der Waals surface area (Å²) in [4.78, 5) is 23.5. The first-order valence-electron chi connectivity index (χ1n) is 5.99. The van der Waals surface area contributed by atoms with Gasteiger partial charge in [-0.05, 0) is 59.8 Å². The van der Waals surface area contributed by atoms with E-state index in [1.807, 2.05) is 22.6 Å². The lowest BCUT2D eigenvalue weighted by Gasteiger charge is -2.10. The number of benzene rings is 2. The highest BCUT2D eigenvalue weighted by molar-refractivity contribution is 14.1. The number of aryl methyl sites for hydroxylation is 1. The topological polar surface area (TPSA) is 66.4 Å². The van der Waals surface area contributed by atoms with Crippen molar-refractivity contribution < 1.29 is 14.7 Å². The van der Waals surface area contributed by atoms with E-state index in [0.29, 0.717) is 10.6 Å². The first kappa shape index (κ1) is 15.8. The number of amides is 1. The van der Waals surface area contributed by atoms with E-state index in [1.165, 1.54) is 6.07 Å². The van der Waals surface area contributed by atoms with Gasteiger partial charge in [-0.25, -0.2) is 4.79 Å². The molecule has 0 radical (unpaired) electrons. The number of nitrogens with one attached hydrogen (secondary N) is 1. The summed E-state index contributed by atoms with van der Waals surface area (Å²) in [6, 6.07) is 9.80. The smallest absolute Gasteiger partial charge is 0.337 e. The van der Waals surface area contributed by atoms with Gasteiger partial charge in [-0.1, -0.05) is 23.2 Å². The number of carboxylic acid groups (broad SMARTS) is 1. The summed E-state index contributed by atoms with van der Waals surface area (Å²) < 4.78 is 0.735. The van der Waals surface area contributed by atoms with Gasteiger partial charge in [0.25, 0.3) is 5.91 Å². The lowest BCUT2D eigenvalue weighted by molar-refractivity contribution is 0.0698. The average Bonchev–Trinajstić information content (AvgIpc) is 2.43. The van der Waals surface area contributed by atoms with Gasteiger partial charge in [0.15, 0.2) is 0 Å². The van der Waals surface area contributed by atoms with E-state index in [9.17, 15) is 14.7 Å². The van der Waals surface area contributed by atoms with E-state index in [0.717, 1.165) is 9.13 Å². The zero-order chi connectivity index (χ0) is 15.6. The van der Waals surface area contributed by atoms with Crippen LogP contribution in [0.1, 0.15) is 26.3 Å². The highest BCUT2D eigenvalue weighted by Gasteiger charge is 2.15. The summed E-state index contributed by atoms with van der Waals surface area (Å²) in [6.45, 7) is 1.79. The van der Waals surface area contributed by atoms with Crippen LogP contribution >= 0.6 is 34.2 Å². The Morgan fingerprint density at radius 2 is 1.86 bits per heavy atom. The Labute approximate surface area is 140 Å². The molecule has 0 saturated heterocycles. The van der Waals surface area contributed by atoms with Crippen molar-refractivity contribution in [2.24, 2.45) is 0 Å². The van der Waals surface area contributed by atoms with Crippen LogP contribution in [0.25, 0.3) is 0 Å².